The van der Waals surface area contributed by atoms with E-state index in [1.54, 1.807) is 16.0 Å². The van der Waals surface area contributed by atoms with Gasteiger partial charge in [0, 0.05) is 30.3 Å². The van der Waals surface area contributed by atoms with Crippen LogP contribution < -0.4 is 10.2 Å². The number of carbonyl (C=O) groups excluding carboxylic acids is 2. The number of nitro benzene ring substituents is 1. The predicted molar refractivity (Wildman–Crippen MR) is 112 cm³/mol. The molecule has 0 aliphatic rings. The van der Waals surface area contributed by atoms with Crippen molar-refractivity contribution in [3.63, 3.8) is 0 Å². The van der Waals surface area contributed by atoms with E-state index in [1.807, 2.05) is 0 Å². The summed E-state index contributed by atoms with van der Waals surface area (Å²) in [6.07, 6.45) is 2.09. The van der Waals surface area contributed by atoms with Crippen molar-refractivity contribution < 1.29 is 32.5 Å². The van der Waals surface area contributed by atoms with Crippen molar-refractivity contribution in [3.05, 3.63) is 63.5 Å². The van der Waals surface area contributed by atoms with Gasteiger partial charge in [0.2, 0.25) is 10.0 Å². The lowest BCUT2D eigenvalue weighted by Gasteiger charge is -2.08. The van der Waals surface area contributed by atoms with Gasteiger partial charge in [-0.2, -0.15) is 0 Å². The highest BCUT2D eigenvalue weighted by Crippen LogP contribution is 2.16. The van der Waals surface area contributed by atoms with Gasteiger partial charge in [0.1, 0.15) is 23.5 Å². The lowest BCUT2D eigenvalue weighted by molar-refractivity contribution is -0.384. The summed E-state index contributed by atoms with van der Waals surface area (Å²) >= 11 is 1.31. The normalized spacial score (nSPS) is 11.4. The summed E-state index contributed by atoms with van der Waals surface area (Å²) in [6.45, 7) is -0.896. The molecule has 32 heavy (non-hydrogen) atoms. The lowest BCUT2D eigenvalue weighted by Crippen LogP contribution is -2.35. The predicted octanol–water partition coefficient (Wildman–Crippen LogP) is 1.26. The van der Waals surface area contributed by atoms with Crippen LogP contribution in [0.2, 0.25) is 0 Å². The molecule has 0 atom stereocenters. The number of carbonyl (C=O) groups is 2. The maximum Gasteiger partial charge on any atom is 0.528 e. The summed E-state index contributed by atoms with van der Waals surface area (Å²) in [5, 5.41) is 12.4. The van der Waals surface area contributed by atoms with E-state index in [-0.39, 0.29) is 24.5 Å². The maximum absolute atomic E-state index is 12.2. The molecule has 3 rings (SSSR count). The number of non-ortho nitro benzene ring substituents is 1. The molecular formula is C17H17N5O8S2. The Morgan fingerprint density at radius 3 is 2.72 bits per heavy atom. The Bertz CT molecular complexity index is 1220. The van der Waals surface area contributed by atoms with Crippen LogP contribution >= 0.6 is 11.3 Å². The van der Waals surface area contributed by atoms with Crippen LogP contribution in [0.3, 0.4) is 0 Å². The van der Waals surface area contributed by atoms with Crippen molar-refractivity contribution in [2.75, 3.05) is 18.8 Å². The molecule has 0 radical (unpaired) electrons. The number of sulfonamides is 1. The van der Waals surface area contributed by atoms with Gasteiger partial charge in [-0.25, -0.2) is 22.9 Å². The quantitative estimate of drug-likeness (QED) is 0.133. The Labute approximate surface area is 185 Å². The number of ketones is 1. The molecule has 0 bridgehead atoms. The molecule has 0 fully saturated rings. The second-order valence-corrected chi connectivity index (χ2v) is 9.05. The molecule has 0 aliphatic heterocycles. The van der Waals surface area contributed by atoms with Gasteiger partial charge in [-0.3, -0.25) is 19.3 Å². The first-order chi connectivity index (χ1) is 15.2. The fourth-order valence-corrected chi connectivity index (χ4v) is 4.10. The number of hydrogen-bond acceptors (Lipinski definition) is 11. The Morgan fingerprint density at radius 2 is 2.00 bits per heavy atom. The molecular weight excluding hydrogens is 466 g/mol. The maximum atomic E-state index is 12.2. The van der Waals surface area contributed by atoms with Gasteiger partial charge < -0.3 is 9.57 Å². The number of nitrogens with one attached hydrogen (secondary N) is 2. The first kappa shape index (κ1) is 23.3. The van der Waals surface area contributed by atoms with E-state index < -0.39 is 39.2 Å². The SMILES string of the molecule is O=C(OCc1ccc([N+](=O)[O-])cc1)ONCCS(=O)(=O)NCC(=O)c1ncn2ccsc12. The zero-order chi connectivity index (χ0) is 23.1. The largest absolute Gasteiger partial charge is 0.528 e. The molecule has 3 aromatic rings. The van der Waals surface area contributed by atoms with Crippen LogP contribution in [0.1, 0.15) is 16.1 Å². The summed E-state index contributed by atoms with van der Waals surface area (Å²) in [5.74, 6) is -0.939. The molecule has 2 heterocycles. The van der Waals surface area contributed by atoms with Crippen LogP contribution in [0, 0.1) is 10.1 Å². The smallest absolute Gasteiger partial charge is 0.428 e. The van der Waals surface area contributed by atoms with Crippen molar-refractivity contribution in [2.24, 2.45) is 0 Å². The standard InChI is InChI=1S/C17H17N5O8S2/c23-14(15-16-21(11-18-15)6-7-31-16)9-20-32(27,28)8-5-19-30-17(24)29-10-12-1-3-13(4-2-12)22(25)26/h1-4,6-7,11,19-20H,5,8-10H2. The number of hydroxylamine groups is 1. The summed E-state index contributed by atoms with van der Waals surface area (Å²) in [7, 11) is -3.82. The summed E-state index contributed by atoms with van der Waals surface area (Å²) in [6, 6.07) is 5.37. The van der Waals surface area contributed by atoms with Gasteiger partial charge in [0.05, 0.1) is 17.2 Å². The van der Waals surface area contributed by atoms with Crippen molar-refractivity contribution in [1.29, 1.82) is 0 Å². The molecule has 2 N–H and O–H groups in total. The van der Waals surface area contributed by atoms with E-state index in [4.69, 9.17) is 4.74 Å². The van der Waals surface area contributed by atoms with Gasteiger partial charge in [-0.15, -0.1) is 16.8 Å². The molecule has 0 saturated carbocycles. The Balaban J connectivity index is 1.34. The van der Waals surface area contributed by atoms with Crippen LogP contribution in [-0.4, -0.2) is 53.5 Å². The minimum Gasteiger partial charge on any atom is -0.428 e. The van der Waals surface area contributed by atoms with Crippen LogP contribution in [0.5, 0.6) is 0 Å². The highest BCUT2D eigenvalue weighted by atomic mass is 32.2. The highest BCUT2D eigenvalue weighted by molar-refractivity contribution is 7.89. The monoisotopic (exact) mass is 483 g/mol. The van der Waals surface area contributed by atoms with Crippen LogP contribution in [0.4, 0.5) is 10.5 Å². The first-order valence-corrected chi connectivity index (χ1v) is 11.5. The summed E-state index contributed by atoms with van der Waals surface area (Å²) < 4.78 is 32.6. The number of hydrogen-bond donors (Lipinski definition) is 2. The van der Waals surface area contributed by atoms with E-state index >= 15 is 0 Å². The Kier molecular flexibility index (Phi) is 7.47. The Morgan fingerprint density at radius 1 is 1.25 bits per heavy atom. The molecule has 0 spiro atoms. The van der Waals surface area contributed by atoms with Gasteiger partial charge in [0.15, 0.2) is 5.78 Å². The van der Waals surface area contributed by atoms with Gasteiger partial charge in [0.25, 0.3) is 5.69 Å². The number of nitrogens with zero attached hydrogens (tertiary/aromatic N) is 3. The topological polar surface area (TPSA) is 171 Å². The molecule has 170 valence electrons. The van der Waals surface area contributed by atoms with Crippen molar-refractivity contribution in [3.8, 4) is 0 Å². The van der Waals surface area contributed by atoms with Crippen LogP contribution in [0.25, 0.3) is 4.83 Å². The lowest BCUT2D eigenvalue weighted by atomic mass is 10.2. The van der Waals surface area contributed by atoms with Crippen molar-refractivity contribution >= 4 is 43.8 Å². The third-order valence-electron chi connectivity index (χ3n) is 4.00. The van der Waals surface area contributed by atoms with E-state index in [0.717, 1.165) is 0 Å². The fourth-order valence-electron chi connectivity index (χ4n) is 2.43. The van der Waals surface area contributed by atoms with E-state index in [1.165, 1.54) is 41.9 Å². The summed E-state index contributed by atoms with van der Waals surface area (Å²) in [4.78, 5) is 42.9. The second-order valence-electron chi connectivity index (χ2n) is 6.23. The minimum absolute atomic E-state index is 0.0979. The van der Waals surface area contributed by atoms with E-state index in [0.29, 0.717) is 10.4 Å². The molecule has 0 amide bonds. The average molecular weight is 483 g/mol. The highest BCUT2D eigenvalue weighted by Gasteiger charge is 2.18. The zero-order valence-electron chi connectivity index (χ0n) is 16.3. The molecule has 2 aromatic heterocycles. The molecule has 13 nitrogen and oxygen atoms in total. The van der Waals surface area contributed by atoms with Crippen molar-refractivity contribution in [2.45, 2.75) is 6.61 Å². The molecule has 0 unspecified atom stereocenters. The van der Waals surface area contributed by atoms with E-state index in [2.05, 4.69) is 20.0 Å². The third-order valence-corrected chi connectivity index (χ3v) is 6.21. The van der Waals surface area contributed by atoms with Gasteiger partial charge >= 0.3 is 6.16 Å². The Hall–Kier alpha value is -3.40. The average Bonchev–Trinajstić information content (AvgIpc) is 3.38. The minimum atomic E-state index is -3.82. The van der Waals surface area contributed by atoms with E-state index in [9.17, 15) is 28.1 Å². The number of imidazole rings is 1. The molecule has 1 aromatic carbocycles. The number of fused-ring (bicyclic) bond motifs is 1. The molecule has 0 saturated heterocycles. The fraction of sp³-hybridized carbons (Fsp3) is 0.235. The molecule has 15 heteroatoms. The second kappa shape index (κ2) is 10.3. The zero-order valence-corrected chi connectivity index (χ0v) is 17.9. The van der Waals surface area contributed by atoms with Crippen molar-refractivity contribution in [1.82, 2.24) is 19.6 Å². The van der Waals surface area contributed by atoms with Crippen LogP contribution in [0.15, 0.2) is 42.2 Å². The van der Waals surface area contributed by atoms with Gasteiger partial charge in [-0.05, 0) is 17.7 Å². The molecule has 0 aliphatic carbocycles. The number of rotatable bonds is 11. The summed E-state index contributed by atoms with van der Waals surface area (Å²) in [5.41, 5.74) is 2.74. The van der Waals surface area contributed by atoms with Crippen LogP contribution in [-0.2, 0) is 26.2 Å². The number of ether oxygens (including phenoxy) is 1. The number of Topliss-reactive ketones (excluding diaryl/α,β-unsaturated/α-hetero) is 1. The number of thiazole rings is 1. The number of benzene rings is 1. The number of aromatic nitrogens is 2. The first-order valence-electron chi connectivity index (χ1n) is 8.95. The van der Waals surface area contributed by atoms with Gasteiger partial charge in [-0.1, -0.05) is 0 Å². The number of nitro groups is 1. The third kappa shape index (κ3) is 6.30.